The molecule has 86 valence electrons. The molecule has 0 aliphatic carbocycles. The molecule has 0 radical (unpaired) electrons. The van der Waals surface area contributed by atoms with Gasteiger partial charge in [-0.15, -0.1) is 0 Å². The zero-order valence-electron chi connectivity index (χ0n) is 9.99. The third-order valence-corrected chi connectivity index (χ3v) is 3.62. The van der Waals surface area contributed by atoms with Crippen molar-refractivity contribution >= 4 is 11.8 Å². The predicted octanol–water partition coefficient (Wildman–Crippen LogP) is 2.91. The molecule has 15 heavy (non-hydrogen) atoms. The van der Waals surface area contributed by atoms with Crippen LogP contribution in [0.4, 0.5) is 0 Å². The third kappa shape index (κ3) is 3.92. The molecule has 0 aromatic carbocycles. The van der Waals surface area contributed by atoms with Gasteiger partial charge in [0.1, 0.15) is 0 Å². The van der Waals surface area contributed by atoms with Gasteiger partial charge in [0.25, 0.3) is 0 Å². The van der Waals surface area contributed by atoms with E-state index in [1.165, 1.54) is 23.6 Å². The van der Waals surface area contributed by atoms with E-state index in [9.17, 15) is 0 Å². The van der Waals surface area contributed by atoms with E-state index in [1.807, 2.05) is 18.8 Å². The maximum atomic E-state index is 3.28. The Bertz CT molecular complexity index is 270. The predicted molar refractivity (Wildman–Crippen MR) is 69.5 cm³/mol. The first-order chi connectivity index (χ1) is 7.29. The van der Waals surface area contributed by atoms with E-state index in [0.717, 1.165) is 6.54 Å². The van der Waals surface area contributed by atoms with Gasteiger partial charge >= 0.3 is 0 Å². The lowest BCUT2D eigenvalue weighted by Crippen LogP contribution is -2.16. The topological polar surface area (TPSA) is 17.0 Å². The van der Waals surface area contributed by atoms with Crippen molar-refractivity contribution in [3.05, 3.63) is 24.0 Å². The van der Waals surface area contributed by atoms with Crippen LogP contribution < -0.4 is 5.32 Å². The minimum Gasteiger partial charge on any atom is -0.350 e. The van der Waals surface area contributed by atoms with Crippen LogP contribution in [0.25, 0.3) is 0 Å². The summed E-state index contributed by atoms with van der Waals surface area (Å²) in [4.78, 5) is 0. The largest absolute Gasteiger partial charge is 0.350 e. The molecule has 0 saturated carbocycles. The van der Waals surface area contributed by atoms with Gasteiger partial charge in [0, 0.05) is 24.5 Å². The fraction of sp³-hybridized carbons (Fsp3) is 0.667. The Morgan fingerprint density at radius 1 is 1.53 bits per heavy atom. The molecule has 0 spiro atoms. The lowest BCUT2D eigenvalue weighted by molar-refractivity contribution is 0.564. The summed E-state index contributed by atoms with van der Waals surface area (Å²) < 4.78 is 2.36. The highest BCUT2D eigenvalue weighted by Crippen LogP contribution is 2.14. The van der Waals surface area contributed by atoms with Crippen molar-refractivity contribution < 1.29 is 0 Å². The lowest BCUT2D eigenvalue weighted by atomic mass is 10.2. The van der Waals surface area contributed by atoms with E-state index in [0.29, 0.717) is 6.04 Å². The Labute approximate surface area is 97.4 Å². The monoisotopic (exact) mass is 226 g/mol. The third-order valence-electron chi connectivity index (χ3n) is 2.63. The number of nitrogens with zero attached hydrogens (tertiary/aromatic N) is 1. The fourth-order valence-corrected chi connectivity index (χ4v) is 2.28. The maximum Gasteiger partial charge on any atom is 0.0443 e. The van der Waals surface area contributed by atoms with Crippen molar-refractivity contribution in [3.63, 3.8) is 0 Å². The van der Waals surface area contributed by atoms with Crippen LogP contribution in [0.15, 0.2) is 18.3 Å². The van der Waals surface area contributed by atoms with Crippen LogP contribution >= 0.6 is 11.8 Å². The average molecular weight is 226 g/mol. The van der Waals surface area contributed by atoms with E-state index in [1.54, 1.807) is 0 Å². The summed E-state index contributed by atoms with van der Waals surface area (Å²) in [6, 6.07) is 4.78. The van der Waals surface area contributed by atoms with E-state index in [2.05, 4.69) is 42.1 Å². The molecule has 1 rings (SSSR count). The summed E-state index contributed by atoms with van der Waals surface area (Å²) in [5, 5.41) is 3.28. The Hall–Kier alpha value is -0.410. The summed E-state index contributed by atoms with van der Waals surface area (Å²) >= 11 is 2.02. The quantitative estimate of drug-likeness (QED) is 0.720. The Morgan fingerprint density at radius 3 is 3.00 bits per heavy atom. The van der Waals surface area contributed by atoms with Crippen molar-refractivity contribution in [2.24, 2.45) is 0 Å². The second-order valence-electron chi connectivity index (χ2n) is 3.69. The molecule has 3 heteroatoms. The molecule has 0 bridgehead atoms. The van der Waals surface area contributed by atoms with E-state index >= 15 is 0 Å². The molecule has 1 heterocycles. The molecule has 2 nitrogen and oxygen atoms in total. The molecular formula is C12H22N2S. The first-order valence-electron chi connectivity index (χ1n) is 5.69. The normalized spacial score (nSPS) is 13.0. The van der Waals surface area contributed by atoms with Crippen molar-refractivity contribution in [1.29, 1.82) is 0 Å². The van der Waals surface area contributed by atoms with Crippen LogP contribution in [-0.2, 0) is 6.54 Å². The van der Waals surface area contributed by atoms with E-state index in [-0.39, 0.29) is 0 Å². The molecule has 1 atom stereocenters. The van der Waals surface area contributed by atoms with Gasteiger partial charge in [-0.2, -0.15) is 11.8 Å². The Morgan fingerprint density at radius 2 is 2.33 bits per heavy atom. The summed E-state index contributed by atoms with van der Waals surface area (Å²) in [5.74, 6) is 2.49. The zero-order valence-corrected chi connectivity index (χ0v) is 10.8. The summed E-state index contributed by atoms with van der Waals surface area (Å²) in [6.45, 7) is 5.56. The van der Waals surface area contributed by atoms with Gasteiger partial charge in [-0.3, -0.25) is 0 Å². The second kappa shape index (κ2) is 6.96. The van der Waals surface area contributed by atoms with Crippen LogP contribution in [0.2, 0.25) is 0 Å². The van der Waals surface area contributed by atoms with Crippen LogP contribution in [-0.4, -0.2) is 23.1 Å². The number of hydrogen-bond acceptors (Lipinski definition) is 2. The molecule has 0 aliphatic heterocycles. The Balaban J connectivity index is 2.43. The van der Waals surface area contributed by atoms with Gasteiger partial charge in [0.2, 0.25) is 0 Å². The average Bonchev–Trinajstić information content (AvgIpc) is 2.71. The zero-order chi connectivity index (χ0) is 11.1. The van der Waals surface area contributed by atoms with Crippen LogP contribution in [0, 0.1) is 0 Å². The van der Waals surface area contributed by atoms with Crippen molar-refractivity contribution in [1.82, 2.24) is 9.88 Å². The van der Waals surface area contributed by atoms with Gasteiger partial charge < -0.3 is 9.88 Å². The van der Waals surface area contributed by atoms with Crippen molar-refractivity contribution in [3.8, 4) is 0 Å². The molecule has 1 aromatic heterocycles. The maximum absolute atomic E-state index is 3.28. The smallest absolute Gasteiger partial charge is 0.0443 e. The van der Waals surface area contributed by atoms with Crippen LogP contribution in [0.3, 0.4) is 0 Å². The molecule has 0 aliphatic rings. The first-order valence-corrected chi connectivity index (χ1v) is 6.85. The highest BCUT2D eigenvalue weighted by Gasteiger charge is 2.06. The van der Waals surface area contributed by atoms with E-state index < -0.39 is 0 Å². The summed E-state index contributed by atoms with van der Waals surface area (Å²) in [7, 11) is 2.01. The van der Waals surface area contributed by atoms with Gasteiger partial charge in [-0.05, 0) is 44.0 Å². The second-order valence-corrected chi connectivity index (χ2v) is 5.08. The standard InChI is InChI=1S/C12H22N2S/c1-4-15-10-6-9-14-8-5-7-12(14)11(2)13-3/h5,7-8,11,13H,4,6,9-10H2,1-3H3. The number of nitrogens with one attached hydrogen (secondary N) is 1. The molecule has 0 amide bonds. The molecule has 0 fully saturated rings. The van der Waals surface area contributed by atoms with Crippen LogP contribution in [0.5, 0.6) is 0 Å². The fourth-order valence-electron chi connectivity index (χ4n) is 1.65. The van der Waals surface area contributed by atoms with Gasteiger partial charge in [-0.1, -0.05) is 6.92 Å². The van der Waals surface area contributed by atoms with Crippen LogP contribution in [0.1, 0.15) is 32.0 Å². The highest BCUT2D eigenvalue weighted by atomic mass is 32.2. The number of thioether (sulfide) groups is 1. The summed E-state index contributed by atoms with van der Waals surface area (Å²) in [6.07, 6.45) is 3.44. The molecule has 1 unspecified atom stereocenters. The first kappa shape index (κ1) is 12.7. The molecule has 1 aromatic rings. The Kier molecular flexibility index (Phi) is 5.88. The minimum atomic E-state index is 0.443. The van der Waals surface area contributed by atoms with Gasteiger partial charge in [0.15, 0.2) is 0 Å². The summed E-state index contributed by atoms with van der Waals surface area (Å²) in [5.41, 5.74) is 1.39. The minimum absolute atomic E-state index is 0.443. The lowest BCUT2D eigenvalue weighted by Gasteiger charge is -2.14. The van der Waals surface area contributed by atoms with Gasteiger partial charge in [-0.25, -0.2) is 0 Å². The van der Waals surface area contributed by atoms with E-state index in [4.69, 9.17) is 0 Å². The van der Waals surface area contributed by atoms with Crippen molar-refractivity contribution in [2.45, 2.75) is 32.9 Å². The number of hydrogen-bond donors (Lipinski definition) is 1. The molecule has 0 saturated heterocycles. The van der Waals surface area contributed by atoms with Crippen molar-refractivity contribution in [2.75, 3.05) is 18.6 Å². The number of aromatic nitrogens is 1. The number of rotatable bonds is 7. The van der Waals surface area contributed by atoms with Gasteiger partial charge in [0.05, 0.1) is 0 Å². The highest BCUT2D eigenvalue weighted by molar-refractivity contribution is 7.99. The molecule has 1 N–H and O–H groups in total. The number of aryl methyl sites for hydroxylation is 1. The molecular weight excluding hydrogens is 204 g/mol. The SMILES string of the molecule is CCSCCCn1cccc1C(C)NC.